The van der Waals surface area contributed by atoms with E-state index >= 15 is 0 Å². The Morgan fingerprint density at radius 1 is 0.714 bits per heavy atom. The molecule has 4 heteroatoms. The molecule has 0 saturated carbocycles. The zero-order valence-electron chi connectivity index (χ0n) is 10.0. The molecule has 0 aliphatic rings. The molecule has 0 N–H and O–H groups in total. The molecule has 14 heavy (non-hydrogen) atoms. The lowest BCUT2D eigenvalue weighted by Crippen LogP contribution is -2.10. The third kappa shape index (κ3) is 7.66. The van der Waals surface area contributed by atoms with Crippen LogP contribution < -0.4 is 0 Å². The highest BCUT2D eigenvalue weighted by Crippen LogP contribution is 2.53. The summed E-state index contributed by atoms with van der Waals surface area (Å²) in [5, 5.41) is 0. The van der Waals surface area contributed by atoms with Crippen molar-refractivity contribution in [1.82, 2.24) is 0 Å². The molecule has 0 rings (SSSR count). The maximum Gasteiger partial charge on any atom is 0.0213 e. The van der Waals surface area contributed by atoms with Crippen molar-refractivity contribution in [2.45, 2.75) is 63.9 Å². The van der Waals surface area contributed by atoms with Gasteiger partial charge in [0.25, 0.3) is 0 Å². The Hall–Kier alpha value is 1.40. The molecule has 0 aliphatic heterocycles. The molecule has 0 aliphatic carbocycles. The number of hydrogen-bond donors (Lipinski definition) is 0. The van der Waals surface area contributed by atoms with Gasteiger partial charge in [0, 0.05) is 9.49 Å². The molecule has 0 radical (unpaired) electrons. The van der Waals surface area contributed by atoms with Crippen molar-refractivity contribution in [3.63, 3.8) is 0 Å². The van der Waals surface area contributed by atoms with E-state index < -0.39 is 0 Å². The number of rotatable bonds is 7. The van der Waals surface area contributed by atoms with Crippen molar-refractivity contribution in [3.05, 3.63) is 0 Å². The third-order valence-corrected chi connectivity index (χ3v) is 10.4. The molecule has 0 bridgehead atoms. The van der Waals surface area contributed by atoms with Crippen LogP contribution in [0.4, 0.5) is 0 Å². The van der Waals surface area contributed by atoms with Crippen LogP contribution in [0, 0.1) is 0 Å². The van der Waals surface area contributed by atoms with E-state index in [1.807, 2.05) is 41.2 Å². The Bertz CT molecular complexity index is 136. The molecule has 86 valence electrons. The van der Waals surface area contributed by atoms with Gasteiger partial charge in [-0.05, 0) is 60.2 Å². The highest BCUT2D eigenvalue weighted by Gasteiger charge is 2.19. The van der Waals surface area contributed by atoms with Crippen LogP contribution in [0.15, 0.2) is 0 Å². The second-order valence-corrected chi connectivity index (χ2v) is 11.6. The van der Waals surface area contributed by atoms with Gasteiger partial charge in [0.15, 0.2) is 0 Å². The van der Waals surface area contributed by atoms with E-state index in [9.17, 15) is 0 Å². The Morgan fingerprint density at radius 2 is 1.00 bits per heavy atom. The van der Waals surface area contributed by atoms with Gasteiger partial charge < -0.3 is 0 Å². The standard InChI is InChI=1S/C10H22S4/c1-7-9(3,4)11-13-14-12-10(5,6)8-2/h7-8H2,1-6H3. The van der Waals surface area contributed by atoms with Crippen molar-refractivity contribution in [1.29, 1.82) is 0 Å². The fourth-order valence-electron chi connectivity index (χ4n) is 0.330. The lowest BCUT2D eigenvalue weighted by Gasteiger charge is -2.23. The molecular weight excluding hydrogens is 248 g/mol. The summed E-state index contributed by atoms with van der Waals surface area (Å²) in [6.45, 7) is 13.7. The zero-order chi connectivity index (χ0) is 11.2. The molecule has 0 amide bonds. The van der Waals surface area contributed by atoms with Crippen LogP contribution in [-0.4, -0.2) is 9.49 Å². The largest absolute Gasteiger partial charge is 0.0755 e. The van der Waals surface area contributed by atoms with Crippen molar-refractivity contribution >= 4 is 41.2 Å². The summed E-state index contributed by atoms with van der Waals surface area (Å²) in [5.41, 5.74) is 0. The topological polar surface area (TPSA) is 0 Å². The normalized spacial score (nSPS) is 13.3. The van der Waals surface area contributed by atoms with Gasteiger partial charge in [0.2, 0.25) is 0 Å². The monoisotopic (exact) mass is 270 g/mol. The van der Waals surface area contributed by atoms with Crippen LogP contribution >= 0.6 is 41.2 Å². The first-order valence-electron chi connectivity index (χ1n) is 5.03. The molecule has 0 aromatic carbocycles. The van der Waals surface area contributed by atoms with Crippen LogP contribution in [0.3, 0.4) is 0 Å². The van der Waals surface area contributed by atoms with E-state index in [0.29, 0.717) is 9.49 Å². The second kappa shape index (κ2) is 6.87. The maximum absolute atomic E-state index is 2.31. The predicted octanol–water partition coefficient (Wildman–Crippen LogP) is 6.04. The Kier molecular flexibility index (Phi) is 7.56. The molecule has 0 heterocycles. The molecule has 0 fully saturated rings. The maximum atomic E-state index is 2.31. The van der Waals surface area contributed by atoms with Gasteiger partial charge in [-0.2, -0.15) is 0 Å². The van der Waals surface area contributed by atoms with Gasteiger partial charge >= 0.3 is 0 Å². The first-order chi connectivity index (χ1) is 6.33. The van der Waals surface area contributed by atoms with E-state index in [1.54, 1.807) is 0 Å². The lowest BCUT2D eigenvalue weighted by molar-refractivity contribution is 0.690. The van der Waals surface area contributed by atoms with Gasteiger partial charge in [0.1, 0.15) is 0 Å². The minimum absolute atomic E-state index is 0.411. The molecular formula is C10H22S4. The minimum atomic E-state index is 0.411. The highest BCUT2D eigenvalue weighted by atomic mass is 33.7. The third-order valence-electron chi connectivity index (χ3n) is 2.25. The lowest BCUT2D eigenvalue weighted by atomic mass is 10.1. The van der Waals surface area contributed by atoms with Crippen LogP contribution in [0.5, 0.6) is 0 Å². The smallest absolute Gasteiger partial charge is 0.0213 e. The summed E-state index contributed by atoms with van der Waals surface area (Å²) >= 11 is 0. The molecule has 0 aromatic rings. The fraction of sp³-hybridized carbons (Fsp3) is 1.00. The fourth-order valence-corrected chi connectivity index (χ4v) is 8.28. The summed E-state index contributed by atoms with van der Waals surface area (Å²) in [6, 6.07) is 0. The summed E-state index contributed by atoms with van der Waals surface area (Å²) in [7, 11) is 7.82. The van der Waals surface area contributed by atoms with E-state index in [2.05, 4.69) is 41.5 Å². The van der Waals surface area contributed by atoms with Gasteiger partial charge in [-0.25, -0.2) is 0 Å². The molecule has 0 unspecified atom stereocenters. The molecule has 0 saturated heterocycles. The van der Waals surface area contributed by atoms with Crippen molar-refractivity contribution in [2.24, 2.45) is 0 Å². The molecule has 0 atom stereocenters. The van der Waals surface area contributed by atoms with Crippen LogP contribution in [0.25, 0.3) is 0 Å². The SMILES string of the molecule is CCC(C)(C)SSSSC(C)(C)CC. The average Bonchev–Trinajstić information content (AvgIpc) is 2.13. The van der Waals surface area contributed by atoms with E-state index in [4.69, 9.17) is 0 Å². The van der Waals surface area contributed by atoms with Crippen molar-refractivity contribution in [3.8, 4) is 0 Å². The Morgan fingerprint density at radius 3 is 1.21 bits per heavy atom. The van der Waals surface area contributed by atoms with Gasteiger partial charge in [-0.1, -0.05) is 35.4 Å². The summed E-state index contributed by atoms with van der Waals surface area (Å²) < 4.78 is 0.823. The predicted molar refractivity (Wildman–Crippen MR) is 79.1 cm³/mol. The first-order valence-corrected chi connectivity index (χ1v) is 9.85. The van der Waals surface area contributed by atoms with Crippen LogP contribution in [0.1, 0.15) is 54.4 Å². The second-order valence-electron chi connectivity index (χ2n) is 4.53. The summed E-state index contributed by atoms with van der Waals surface area (Å²) in [6.07, 6.45) is 2.46. The highest BCUT2D eigenvalue weighted by molar-refractivity contribution is 9.26. The van der Waals surface area contributed by atoms with E-state index in [-0.39, 0.29) is 0 Å². The van der Waals surface area contributed by atoms with Gasteiger partial charge in [0.05, 0.1) is 0 Å². The Balaban J connectivity index is 3.57. The van der Waals surface area contributed by atoms with E-state index in [0.717, 1.165) is 0 Å². The quantitative estimate of drug-likeness (QED) is 0.408. The van der Waals surface area contributed by atoms with Crippen LogP contribution in [-0.2, 0) is 0 Å². The summed E-state index contributed by atoms with van der Waals surface area (Å²) in [4.78, 5) is 0. The van der Waals surface area contributed by atoms with Crippen molar-refractivity contribution in [2.75, 3.05) is 0 Å². The summed E-state index contributed by atoms with van der Waals surface area (Å²) in [5.74, 6) is 0. The van der Waals surface area contributed by atoms with Crippen LogP contribution in [0.2, 0.25) is 0 Å². The van der Waals surface area contributed by atoms with Crippen molar-refractivity contribution < 1.29 is 0 Å². The van der Waals surface area contributed by atoms with Gasteiger partial charge in [-0.15, -0.1) is 0 Å². The number of hydrogen-bond acceptors (Lipinski definition) is 4. The van der Waals surface area contributed by atoms with E-state index in [1.165, 1.54) is 12.8 Å². The zero-order valence-corrected chi connectivity index (χ0v) is 13.3. The Labute approximate surface area is 105 Å². The minimum Gasteiger partial charge on any atom is -0.0755 e. The molecule has 0 nitrogen and oxygen atoms in total. The average molecular weight is 271 g/mol. The van der Waals surface area contributed by atoms with Gasteiger partial charge in [-0.3, -0.25) is 0 Å². The molecule has 0 aromatic heterocycles. The molecule has 0 spiro atoms. The first kappa shape index (κ1) is 15.4.